The quantitative estimate of drug-likeness (QED) is 0.681. The molecule has 1 unspecified atom stereocenters. The van der Waals surface area contributed by atoms with Crippen molar-refractivity contribution in [1.29, 1.82) is 0 Å². The van der Waals surface area contributed by atoms with Crippen LogP contribution < -0.4 is 4.74 Å². The Balaban J connectivity index is 1.68. The first-order valence-corrected chi connectivity index (χ1v) is 8.24. The van der Waals surface area contributed by atoms with Gasteiger partial charge in [0.25, 0.3) is 0 Å². The molecule has 0 fully saturated rings. The minimum Gasteiger partial charge on any atom is -0.490 e. The highest BCUT2D eigenvalue weighted by atomic mass is 16.5. The molecule has 3 aromatic rings. The predicted molar refractivity (Wildman–Crippen MR) is 101 cm³/mol. The minimum atomic E-state index is -0.815. The maximum Gasteiger partial charge on any atom is 0.310 e. The first-order valence-electron chi connectivity index (χ1n) is 8.24. The van der Waals surface area contributed by atoms with Crippen molar-refractivity contribution < 1.29 is 14.6 Å². The van der Waals surface area contributed by atoms with Crippen LogP contribution in [0.2, 0.25) is 0 Å². The lowest BCUT2D eigenvalue weighted by molar-refractivity contribution is -0.138. The Morgan fingerprint density at radius 1 is 1.04 bits per heavy atom. The molecule has 3 rings (SSSR count). The van der Waals surface area contributed by atoms with Gasteiger partial charge in [0.05, 0.1) is 5.92 Å². The minimum absolute atomic E-state index is 0.495. The van der Waals surface area contributed by atoms with Crippen LogP contribution in [-0.2, 0) is 4.79 Å². The van der Waals surface area contributed by atoms with Crippen molar-refractivity contribution >= 4 is 22.8 Å². The SMILES string of the molecule is CC(C(=O)O)c1ccc2cc(OC/C=C/c3ccccc3)ccc2c1. The number of hydrogen-bond donors (Lipinski definition) is 1. The summed E-state index contributed by atoms with van der Waals surface area (Å²) in [5.41, 5.74) is 1.95. The van der Waals surface area contributed by atoms with Crippen LogP contribution in [0.1, 0.15) is 24.0 Å². The second-order valence-electron chi connectivity index (χ2n) is 5.95. The fourth-order valence-electron chi connectivity index (χ4n) is 2.64. The van der Waals surface area contributed by atoms with E-state index in [-0.39, 0.29) is 0 Å². The second kappa shape index (κ2) is 7.67. The Bertz CT molecular complexity index is 898. The summed E-state index contributed by atoms with van der Waals surface area (Å²) >= 11 is 0. The largest absolute Gasteiger partial charge is 0.490 e. The summed E-state index contributed by atoms with van der Waals surface area (Å²) < 4.78 is 5.77. The Morgan fingerprint density at radius 3 is 2.52 bits per heavy atom. The summed E-state index contributed by atoms with van der Waals surface area (Å²) in [6.07, 6.45) is 4.01. The Hall–Kier alpha value is -3.07. The zero-order valence-electron chi connectivity index (χ0n) is 14.1. The first kappa shape index (κ1) is 16.8. The van der Waals surface area contributed by atoms with Gasteiger partial charge in [0, 0.05) is 0 Å². The molecule has 3 aromatic carbocycles. The van der Waals surface area contributed by atoms with Crippen LogP contribution in [0.4, 0.5) is 0 Å². The monoisotopic (exact) mass is 332 g/mol. The van der Waals surface area contributed by atoms with E-state index >= 15 is 0 Å². The van der Waals surface area contributed by atoms with Crippen molar-refractivity contribution in [3.8, 4) is 5.75 Å². The van der Waals surface area contributed by atoms with E-state index in [0.29, 0.717) is 6.61 Å². The lowest BCUT2D eigenvalue weighted by Gasteiger charge is -2.09. The topological polar surface area (TPSA) is 46.5 Å². The molecule has 0 saturated heterocycles. The number of rotatable bonds is 6. The van der Waals surface area contributed by atoms with E-state index in [1.165, 1.54) is 0 Å². The maximum absolute atomic E-state index is 11.1. The van der Waals surface area contributed by atoms with E-state index < -0.39 is 11.9 Å². The number of hydrogen-bond acceptors (Lipinski definition) is 2. The summed E-state index contributed by atoms with van der Waals surface area (Å²) in [4.78, 5) is 11.1. The fraction of sp³-hybridized carbons (Fsp3) is 0.136. The van der Waals surface area contributed by atoms with Gasteiger partial charge in [-0.1, -0.05) is 60.7 Å². The van der Waals surface area contributed by atoms with E-state index in [1.54, 1.807) is 6.92 Å². The molecule has 126 valence electrons. The Labute approximate surface area is 147 Å². The van der Waals surface area contributed by atoms with Gasteiger partial charge in [-0.2, -0.15) is 0 Å². The van der Waals surface area contributed by atoms with Gasteiger partial charge in [-0.05, 0) is 47.0 Å². The zero-order chi connectivity index (χ0) is 17.6. The van der Waals surface area contributed by atoms with Crippen LogP contribution in [0.3, 0.4) is 0 Å². The third kappa shape index (κ3) is 4.27. The van der Waals surface area contributed by atoms with Gasteiger partial charge >= 0.3 is 5.97 Å². The standard InChI is InChI=1S/C22H20O3/c1-16(22(23)24)18-9-10-20-15-21(12-11-19(20)14-18)25-13-5-8-17-6-3-2-4-7-17/h2-12,14-16H,13H2,1H3,(H,23,24)/b8-5+. The average molecular weight is 332 g/mol. The van der Waals surface area contributed by atoms with Gasteiger partial charge in [0.1, 0.15) is 12.4 Å². The molecule has 0 amide bonds. The molecular weight excluding hydrogens is 312 g/mol. The number of carboxylic acids is 1. The molecule has 0 spiro atoms. The Morgan fingerprint density at radius 2 is 1.76 bits per heavy atom. The maximum atomic E-state index is 11.1. The van der Waals surface area contributed by atoms with Gasteiger partial charge in [0.2, 0.25) is 0 Å². The van der Waals surface area contributed by atoms with Crippen molar-refractivity contribution in [2.45, 2.75) is 12.8 Å². The highest BCUT2D eigenvalue weighted by Gasteiger charge is 2.13. The summed E-state index contributed by atoms with van der Waals surface area (Å²) in [7, 11) is 0. The third-order valence-corrected chi connectivity index (χ3v) is 4.16. The van der Waals surface area contributed by atoms with Gasteiger partial charge in [-0.15, -0.1) is 0 Å². The van der Waals surface area contributed by atoms with E-state index in [1.807, 2.05) is 78.9 Å². The molecule has 0 heterocycles. The number of carbonyl (C=O) groups is 1. The molecular formula is C22H20O3. The van der Waals surface area contributed by atoms with Gasteiger partial charge in [0.15, 0.2) is 0 Å². The molecule has 0 aliphatic carbocycles. The number of fused-ring (bicyclic) bond motifs is 1. The van der Waals surface area contributed by atoms with Crippen molar-refractivity contribution in [2.24, 2.45) is 0 Å². The number of benzene rings is 3. The normalized spacial score (nSPS) is 12.4. The molecule has 0 radical (unpaired) electrons. The number of ether oxygens (including phenoxy) is 1. The molecule has 3 heteroatoms. The molecule has 0 saturated carbocycles. The van der Waals surface area contributed by atoms with Crippen molar-refractivity contribution in [3.05, 3.63) is 83.9 Å². The molecule has 0 aliphatic heterocycles. The van der Waals surface area contributed by atoms with Crippen LogP contribution in [-0.4, -0.2) is 17.7 Å². The lowest BCUT2D eigenvalue weighted by atomic mass is 9.98. The highest BCUT2D eigenvalue weighted by Crippen LogP contribution is 2.25. The summed E-state index contributed by atoms with van der Waals surface area (Å²) in [5.74, 6) is -0.530. The number of aliphatic carboxylic acids is 1. The van der Waals surface area contributed by atoms with Crippen LogP contribution in [0.25, 0.3) is 16.8 Å². The van der Waals surface area contributed by atoms with Crippen LogP contribution in [0, 0.1) is 0 Å². The third-order valence-electron chi connectivity index (χ3n) is 4.16. The predicted octanol–water partition coefficient (Wildman–Crippen LogP) is 5.12. The van der Waals surface area contributed by atoms with E-state index in [2.05, 4.69) is 0 Å². The van der Waals surface area contributed by atoms with Gasteiger partial charge in [-0.25, -0.2) is 0 Å². The van der Waals surface area contributed by atoms with E-state index in [9.17, 15) is 4.79 Å². The van der Waals surface area contributed by atoms with E-state index in [0.717, 1.165) is 27.6 Å². The summed E-state index contributed by atoms with van der Waals surface area (Å²) in [6.45, 7) is 2.19. The average Bonchev–Trinajstić information content (AvgIpc) is 2.65. The first-order chi connectivity index (χ1) is 12.1. The smallest absolute Gasteiger partial charge is 0.310 e. The molecule has 0 bridgehead atoms. The molecule has 0 aliphatic rings. The molecule has 1 atom stereocenters. The fourth-order valence-corrected chi connectivity index (χ4v) is 2.64. The summed E-state index contributed by atoms with van der Waals surface area (Å²) in [6, 6.07) is 21.7. The highest BCUT2D eigenvalue weighted by molar-refractivity contribution is 5.86. The van der Waals surface area contributed by atoms with Crippen molar-refractivity contribution in [2.75, 3.05) is 6.61 Å². The van der Waals surface area contributed by atoms with Crippen molar-refractivity contribution in [3.63, 3.8) is 0 Å². The van der Waals surface area contributed by atoms with E-state index in [4.69, 9.17) is 9.84 Å². The molecule has 0 aromatic heterocycles. The lowest BCUT2D eigenvalue weighted by Crippen LogP contribution is -2.07. The number of carboxylic acid groups (broad SMARTS) is 1. The van der Waals surface area contributed by atoms with Gasteiger partial charge < -0.3 is 9.84 Å². The second-order valence-corrected chi connectivity index (χ2v) is 5.95. The summed E-state index contributed by atoms with van der Waals surface area (Å²) in [5, 5.41) is 11.2. The Kier molecular flexibility index (Phi) is 5.14. The van der Waals surface area contributed by atoms with Crippen LogP contribution in [0.15, 0.2) is 72.8 Å². The molecule has 1 N–H and O–H groups in total. The van der Waals surface area contributed by atoms with Crippen LogP contribution in [0.5, 0.6) is 5.75 Å². The van der Waals surface area contributed by atoms with Gasteiger partial charge in [-0.3, -0.25) is 4.79 Å². The zero-order valence-corrected chi connectivity index (χ0v) is 14.1. The molecule has 25 heavy (non-hydrogen) atoms. The van der Waals surface area contributed by atoms with Crippen LogP contribution >= 0.6 is 0 Å². The van der Waals surface area contributed by atoms with Crippen molar-refractivity contribution in [1.82, 2.24) is 0 Å². The molecule has 3 nitrogen and oxygen atoms in total.